The van der Waals surface area contributed by atoms with E-state index in [1.54, 1.807) is 6.07 Å². The van der Waals surface area contributed by atoms with Crippen molar-refractivity contribution in [3.63, 3.8) is 0 Å². The van der Waals surface area contributed by atoms with Gasteiger partial charge in [0.1, 0.15) is 16.5 Å². The zero-order chi connectivity index (χ0) is 20.0. The van der Waals surface area contributed by atoms with Crippen molar-refractivity contribution in [2.75, 3.05) is 19.6 Å². The van der Waals surface area contributed by atoms with Crippen LogP contribution in [0.4, 0.5) is 0 Å². The number of aromatic nitrogens is 4. The highest BCUT2D eigenvalue weighted by Crippen LogP contribution is 2.12. The summed E-state index contributed by atoms with van der Waals surface area (Å²) in [7, 11) is -3.57. The Morgan fingerprint density at radius 2 is 2.29 bits per heavy atom. The minimum Gasteiger partial charge on any atom is -0.357 e. The molecule has 1 unspecified atom stereocenters. The SMILES string of the molecule is CCNC(=NCCNS(=O)(=O)c1cccnc1)NC1CCc2nc(C)nn2C1. The van der Waals surface area contributed by atoms with E-state index in [-0.39, 0.29) is 17.5 Å². The molecule has 0 bridgehead atoms. The number of sulfonamides is 1. The van der Waals surface area contributed by atoms with Crippen molar-refractivity contribution in [1.82, 2.24) is 35.1 Å². The van der Waals surface area contributed by atoms with Crippen LogP contribution in [-0.4, -0.2) is 59.8 Å². The van der Waals surface area contributed by atoms with Gasteiger partial charge in [-0.25, -0.2) is 22.8 Å². The van der Waals surface area contributed by atoms with Gasteiger partial charge in [-0.3, -0.25) is 9.98 Å². The molecule has 0 saturated carbocycles. The minimum atomic E-state index is -3.57. The standard InChI is InChI=1S/C17H26N8O2S/c1-3-19-17(23-14-6-7-16-22-13(2)24-25(16)12-14)20-9-10-21-28(26,27)15-5-4-8-18-11-15/h4-5,8,11,14,21H,3,6-7,9-10,12H2,1-2H3,(H2,19,20,23). The molecule has 0 fully saturated rings. The maximum atomic E-state index is 12.2. The topological polar surface area (TPSA) is 126 Å². The maximum absolute atomic E-state index is 12.2. The first kappa shape index (κ1) is 20.2. The van der Waals surface area contributed by atoms with Crippen LogP contribution in [0.15, 0.2) is 34.4 Å². The number of fused-ring (bicyclic) bond motifs is 1. The molecule has 0 aromatic carbocycles. The molecule has 0 spiro atoms. The van der Waals surface area contributed by atoms with Gasteiger partial charge in [0.05, 0.1) is 13.1 Å². The molecule has 2 aromatic rings. The average Bonchev–Trinajstić information content (AvgIpc) is 3.05. The molecular formula is C17H26N8O2S. The Bertz CT molecular complexity index is 910. The first-order chi connectivity index (χ1) is 13.5. The summed E-state index contributed by atoms with van der Waals surface area (Å²) in [4.78, 5) is 12.9. The van der Waals surface area contributed by atoms with Crippen LogP contribution in [0.2, 0.25) is 0 Å². The van der Waals surface area contributed by atoms with Crippen molar-refractivity contribution in [3.05, 3.63) is 36.2 Å². The van der Waals surface area contributed by atoms with E-state index >= 15 is 0 Å². The van der Waals surface area contributed by atoms with E-state index in [0.29, 0.717) is 19.0 Å². The maximum Gasteiger partial charge on any atom is 0.242 e. The Balaban J connectivity index is 1.53. The molecule has 11 heteroatoms. The molecule has 2 aromatic heterocycles. The van der Waals surface area contributed by atoms with E-state index in [0.717, 1.165) is 31.0 Å². The number of rotatable bonds is 7. The van der Waals surface area contributed by atoms with Crippen molar-refractivity contribution < 1.29 is 8.42 Å². The van der Waals surface area contributed by atoms with Crippen LogP contribution in [0.1, 0.15) is 25.0 Å². The number of pyridine rings is 1. The molecule has 1 atom stereocenters. The summed E-state index contributed by atoms with van der Waals surface area (Å²) in [5.74, 6) is 2.47. The molecule has 3 N–H and O–H groups in total. The predicted molar refractivity (Wildman–Crippen MR) is 105 cm³/mol. The highest BCUT2D eigenvalue weighted by Gasteiger charge is 2.21. The Kier molecular flexibility index (Phi) is 6.57. The Hall–Kier alpha value is -2.53. The van der Waals surface area contributed by atoms with Crippen molar-refractivity contribution in [2.24, 2.45) is 4.99 Å². The fourth-order valence-electron chi connectivity index (χ4n) is 3.00. The van der Waals surface area contributed by atoms with Gasteiger partial charge in [0.2, 0.25) is 10.0 Å². The Labute approximate surface area is 164 Å². The summed E-state index contributed by atoms with van der Waals surface area (Å²) in [5, 5.41) is 11.0. The first-order valence-corrected chi connectivity index (χ1v) is 10.8. The fraction of sp³-hybridized carbons (Fsp3) is 0.529. The van der Waals surface area contributed by atoms with E-state index in [2.05, 4.69) is 35.4 Å². The van der Waals surface area contributed by atoms with E-state index in [4.69, 9.17) is 0 Å². The highest BCUT2D eigenvalue weighted by molar-refractivity contribution is 7.89. The van der Waals surface area contributed by atoms with Crippen molar-refractivity contribution >= 4 is 16.0 Å². The summed E-state index contributed by atoms with van der Waals surface area (Å²) in [6.07, 6.45) is 4.66. The second kappa shape index (κ2) is 9.11. The average molecular weight is 407 g/mol. The van der Waals surface area contributed by atoms with Gasteiger partial charge in [-0.1, -0.05) is 0 Å². The van der Waals surface area contributed by atoms with Crippen LogP contribution >= 0.6 is 0 Å². The quantitative estimate of drug-likeness (QED) is 0.331. The number of guanidine groups is 1. The van der Waals surface area contributed by atoms with Gasteiger partial charge in [-0.2, -0.15) is 5.10 Å². The van der Waals surface area contributed by atoms with Crippen LogP contribution in [0.25, 0.3) is 0 Å². The predicted octanol–water partition coefficient (Wildman–Crippen LogP) is -0.170. The third-order valence-corrected chi connectivity index (χ3v) is 5.71. The molecule has 0 amide bonds. The lowest BCUT2D eigenvalue weighted by molar-refractivity contribution is 0.392. The molecule has 10 nitrogen and oxygen atoms in total. The van der Waals surface area contributed by atoms with E-state index in [1.165, 1.54) is 18.5 Å². The number of nitrogens with one attached hydrogen (secondary N) is 3. The normalized spacial score (nSPS) is 17.2. The smallest absolute Gasteiger partial charge is 0.242 e. The van der Waals surface area contributed by atoms with Gasteiger partial charge < -0.3 is 10.6 Å². The lowest BCUT2D eigenvalue weighted by Crippen LogP contribution is -2.47. The summed E-state index contributed by atoms with van der Waals surface area (Å²) in [6, 6.07) is 3.29. The summed E-state index contributed by atoms with van der Waals surface area (Å²) in [6.45, 7) is 5.84. The van der Waals surface area contributed by atoms with Crippen LogP contribution in [-0.2, 0) is 23.0 Å². The monoisotopic (exact) mass is 406 g/mol. The van der Waals surface area contributed by atoms with Gasteiger partial charge >= 0.3 is 0 Å². The zero-order valence-corrected chi connectivity index (χ0v) is 16.9. The fourth-order valence-corrected chi connectivity index (χ4v) is 3.99. The molecule has 0 saturated heterocycles. The number of aryl methyl sites for hydroxylation is 2. The Morgan fingerprint density at radius 1 is 1.43 bits per heavy atom. The van der Waals surface area contributed by atoms with Crippen molar-refractivity contribution in [1.29, 1.82) is 0 Å². The summed E-state index contributed by atoms with van der Waals surface area (Å²) in [5.41, 5.74) is 0. The number of hydrogen-bond donors (Lipinski definition) is 3. The molecule has 1 aliphatic rings. The molecule has 152 valence electrons. The second-order valence-electron chi connectivity index (χ2n) is 6.48. The zero-order valence-electron chi connectivity index (χ0n) is 16.1. The van der Waals surface area contributed by atoms with Crippen LogP contribution < -0.4 is 15.4 Å². The third kappa shape index (κ3) is 5.26. The van der Waals surface area contributed by atoms with Crippen LogP contribution in [0.3, 0.4) is 0 Å². The van der Waals surface area contributed by atoms with Gasteiger partial charge in [-0.05, 0) is 32.4 Å². The largest absolute Gasteiger partial charge is 0.357 e. The van der Waals surface area contributed by atoms with E-state index in [9.17, 15) is 8.42 Å². The lowest BCUT2D eigenvalue weighted by atomic mass is 10.1. The number of aliphatic imine (C=N–C) groups is 1. The molecular weight excluding hydrogens is 380 g/mol. The van der Waals surface area contributed by atoms with Crippen molar-refractivity contribution in [2.45, 2.75) is 44.2 Å². The summed E-state index contributed by atoms with van der Waals surface area (Å²) < 4.78 is 28.9. The van der Waals surface area contributed by atoms with Gasteiger partial charge in [-0.15, -0.1) is 0 Å². The minimum absolute atomic E-state index is 0.144. The molecule has 28 heavy (non-hydrogen) atoms. The number of hydrogen-bond acceptors (Lipinski definition) is 6. The molecule has 0 radical (unpaired) electrons. The van der Waals surface area contributed by atoms with Gasteiger partial charge in [0.25, 0.3) is 0 Å². The van der Waals surface area contributed by atoms with E-state index in [1.807, 2.05) is 18.5 Å². The van der Waals surface area contributed by atoms with E-state index < -0.39 is 10.0 Å². The lowest BCUT2D eigenvalue weighted by Gasteiger charge is -2.25. The molecule has 0 aliphatic carbocycles. The second-order valence-corrected chi connectivity index (χ2v) is 8.25. The molecule has 3 heterocycles. The molecule has 1 aliphatic heterocycles. The number of nitrogens with zero attached hydrogens (tertiary/aromatic N) is 5. The summed E-state index contributed by atoms with van der Waals surface area (Å²) >= 11 is 0. The van der Waals surface area contributed by atoms with Gasteiger partial charge in [0, 0.05) is 37.9 Å². The third-order valence-electron chi connectivity index (χ3n) is 4.27. The Morgan fingerprint density at radius 3 is 3.04 bits per heavy atom. The van der Waals surface area contributed by atoms with Gasteiger partial charge in [0.15, 0.2) is 5.96 Å². The highest BCUT2D eigenvalue weighted by atomic mass is 32.2. The first-order valence-electron chi connectivity index (χ1n) is 9.33. The molecule has 3 rings (SSSR count). The van der Waals surface area contributed by atoms with Crippen molar-refractivity contribution in [3.8, 4) is 0 Å². The van der Waals surface area contributed by atoms with Crippen LogP contribution in [0.5, 0.6) is 0 Å². The van der Waals surface area contributed by atoms with Crippen LogP contribution in [0, 0.1) is 6.92 Å².